The Hall–Kier alpha value is -1.89. The fourth-order valence-electron chi connectivity index (χ4n) is 1.42. The van der Waals surface area contributed by atoms with Crippen LogP contribution in [0.5, 0.6) is 0 Å². The maximum atomic E-state index is 10.5. The van der Waals surface area contributed by atoms with E-state index in [9.17, 15) is 10.1 Å². The van der Waals surface area contributed by atoms with Gasteiger partial charge in [0, 0.05) is 33.9 Å². The number of nitro groups is 1. The highest BCUT2D eigenvalue weighted by molar-refractivity contribution is 6.29. The Morgan fingerprint density at radius 3 is 2.61 bits per heavy atom. The predicted octanol–water partition coefficient (Wildman–Crippen LogP) is 1.28. The summed E-state index contributed by atoms with van der Waals surface area (Å²) in [7, 11) is 5.11. The van der Waals surface area contributed by atoms with Crippen molar-refractivity contribution in [3.63, 3.8) is 0 Å². The number of hydrogen-bond acceptors (Lipinski definition) is 3. The van der Waals surface area contributed by atoms with Crippen LogP contribution in [0, 0.1) is 10.1 Å². The van der Waals surface area contributed by atoms with Crippen LogP contribution >= 0.6 is 11.6 Å². The topological polar surface area (TPSA) is 74.9 Å². The lowest BCUT2D eigenvalue weighted by atomic mass is 10.3. The molecule has 0 spiro atoms. The van der Waals surface area contributed by atoms with E-state index >= 15 is 0 Å². The third-order valence-electron chi connectivity index (χ3n) is 2.12. The Labute approximate surface area is 110 Å². The third kappa shape index (κ3) is 4.17. The lowest BCUT2D eigenvalue weighted by molar-refractivity contribution is -0.486. The quantitative estimate of drug-likeness (QED) is 0.272. The van der Waals surface area contributed by atoms with E-state index in [1.54, 1.807) is 43.2 Å². The first-order chi connectivity index (χ1) is 8.40. The monoisotopic (exact) mass is 271 g/mol. The van der Waals surface area contributed by atoms with E-state index < -0.39 is 5.03 Å². The molecule has 0 unspecified atom stereocenters. The van der Waals surface area contributed by atoms with Gasteiger partial charge in [-0.05, 0) is 11.6 Å². The molecular formula is C10H14ClN5O2. The summed E-state index contributed by atoms with van der Waals surface area (Å²) in [6.45, 7) is 0.453. The number of nitrogens with zero attached hydrogens (tertiary/aromatic N) is 5. The van der Waals surface area contributed by atoms with Gasteiger partial charge in [0.15, 0.2) is 5.03 Å². The zero-order valence-electron chi connectivity index (χ0n) is 10.4. The van der Waals surface area contributed by atoms with Crippen LogP contribution in [0.3, 0.4) is 0 Å². The first kappa shape index (κ1) is 14.2. The van der Waals surface area contributed by atoms with Gasteiger partial charge in [0.2, 0.25) is 0 Å². The molecule has 0 aliphatic heterocycles. The molecule has 0 bridgehead atoms. The van der Waals surface area contributed by atoms with Gasteiger partial charge < -0.3 is 9.80 Å². The Bertz CT molecular complexity index is 446. The summed E-state index contributed by atoms with van der Waals surface area (Å²) in [5.41, 5.74) is 0.889. The van der Waals surface area contributed by atoms with E-state index in [-0.39, 0.29) is 5.96 Å². The maximum absolute atomic E-state index is 10.5. The van der Waals surface area contributed by atoms with Crippen molar-refractivity contribution >= 4 is 17.6 Å². The number of rotatable bonds is 3. The summed E-state index contributed by atoms with van der Waals surface area (Å²) in [6.07, 6.45) is 1.62. The average Bonchev–Trinajstić information content (AvgIpc) is 2.28. The van der Waals surface area contributed by atoms with Gasteiger partial charge in [-0.1, -0.05) is 17.7 Å². The van der Waals surface area contributed by atoms with Gasteiger partial charge in [0.05, 0.1) is 0 Å². The summed E-state index contributed by atoms with van der Waals surface area (Å²) in [6, 6.07) is 3.48. The molecule has 0 fully saturated rings. The standard InChI is InChI=1S/C10H14ClN5O2/c1-14(2)10(13-16(17)18)15(3)7-8-4-5-9(11)12-6-8/h4-6H,7H2,1-3H3/b13-10+. The Morgan fingerprint density at radius 2 is 2.17 bits per heavy atom. The van der Waals surface area contributed by atoms with Gasteiger partial charge in [0.1, 0.15) is 10.3 Å². The number of guanidine groups is 1. The second kappa shape index (κ2) is 6.15. The van der Waals surface area contributed by atoms with Gasteiger partial charge in [0.25, 0.3) is 5.96 Å². The molecule has 1 aromatic rings. The smallest absolute Gasteiger partial charge is 0.273 e. The molecule has 18 heavy (non-hydrogen) atoms. The first-order valence-corrected chi connectivity index (χ1v) is 5.50. The number of halogens is 1. The molecule has 0 N–H and O–H groups in total. The minimum Gasteiger partial charge on any atom is -0.344 e. The van der Waals surface area contributed by atoms with Gasteiger partial charge in [-0.2, -0.15) is 0 Å². The fourth-order valence-corrected chi connectivity index (χ4v) is 1.54. The highest BCUT2D eigenvalue weighted by atomic mass is 35.5. The molecular weight excluding hydrogens is 258 g/mol. The van der Waals surface area contributed by atoms with Gasteiger partial charge in [-0.3, -0.25) is 0 Å². The average molecular weight is 272 g/mol. The minimum absolute atomic E-state index is 0.259. The van der Waals surface area contributed by atoms with Crippen LogP contribution in [0.2, 0.25) is 5.15 Å². The van der Waals surface area contributed by atoms with Gasteiger partial charge in [-0.15, -0.1) is 0 Å². The van der Waals surface area contributed by atoms with Crippen molar-refractivity contribution < 1.29 is 5.03 Å². The number of pyridine rings is 1. The SMILES string of the molecule is CN(C)/C(=N\[N+](=O)[O-])N(C)Cc1ccc(Cl)nc1. The largest absolute Gasteiger partial charge is 0.344 e. The molecule has 0 amide bonds. The highest BCUT2D eigenvalue weighted by Gasteiger charge is 2.14. The van der Waals surface area contributed by atoms with Crippen molar-refractivity contribution in [2.24, 2.45) is 5.10 Å². The molecule has 0 saturated carbocycles. The molecule has 0 aromatic carbocycles. The van der Waals surface area contributed by atoms with E-state index in [2.05, 4.69) is 10.1 Å². The second-order valence-electron chi connectivity index (χ2n) is 3.88. The van der Waals surface area contributed by atoms with Crippen LogP contribution in [-0.4, -0.2) is 46.9 Å². The van der Waals surface area contributed by atoms with E-state index in [0.717, 1.165) is 5.56 Å². The Balaban J connectivity index is 2.82. The van der Waals surface area contributed by atoms with Crippen molar-refractivity contribution in [3.05, 3.63) is 39.2 Å². The number of hydrogen-bond donors (Lipinski definition) is 0. The fraction of sp³-hybridized carbons (Fsp3) is 0.400. The number of hydrazone groups is 1. The lowest BCUT2D eigenvalue weighted by Crippen LogP contribution is -2.38. The molecule has 0 aliphatic carbocycles. The van der Waals surface area contributed by atoms with E-state index in [4.69, 9.17) is 11.6 Å². The predicted molar refractivity (Wildman–Crippen MR) is 68.8 cm³/mol. The summed E-state index contributed by atoms with van der Waals surface area (Å²) < 4.78 is 0. The Morgan fingerprint density at radius 1 is 1.50 bits per heavy atom. The van der Waals surface area contributed by atoms with E-state index in [0.29, 0.717) is 11.7 Å². The molecule has 1 aromatic heterocycles. The van der Waals surface area contributed by atoms with Crippen LogP contribution in [0.15, 0.2) is 23.4 Å². The highest BCUT2D eigenvalue weighted by Crippen LogP contribution is 2.08. The van der Waals surface area contributed by atoms with Gasteiger partial charge >= 0.3 is 0 Å². The Kier molecular flexibility index (Phi) is 4.85. The van der Waals surface area contributed by atoms with Crippen molar-refractivity contribution in [1.29, 1.82) is 0 Å². The molecule has 1 heterocycles. The van der Waals surface area contributed by atoms with Crippen LogP contribution < -0.4 is 0 Å². The van der Waals surface area contributed by atoms with Crippen LogP contribution in [0.25, 0.3) is 0 Å². The van der Waals surface area contributed by atoms with Crippen molar-refractivity contribution in [3.8, 4) is 0 Å². The zero-order valence-corrected chi connectivity index (χ0v) is 11.1. The molecule has 0 saturated heterocycles. The molecule has 98 valence electrons. The molecule has 8 heteroatoms. The summed E-state index contributed by atoms with van der Waals surface area (Å²) in [5, 5.41) is 13.5. The third-order valence-corrected chi connectivity index (χ3v) is 2.34. The summed E-state index contributed by atoms with van der Waals surface area (Å²) in [4.78, 5) is 17.6. The van der Waals surface area contributed by atoms with Crippen LogP contribution in [0.4, 0.5) is 0 Å². The van der Waals surface area contributed by atoms with E-state index in [1.807, 2.05) is 6.07 Å². The van der Waals surface area contributed by atoms with E-state index in [1.165, 1.54) is 0 Å². The summed E-state index contributed by atoms with van der Waals surface area (Å²) in [5.74, 6) is 0.259. The minimum atomic E-state index is -0.716. The van der Waals surface area contributed by atoms with Crippen LogP contribution in [0.1, 0.15) is 5.56 Å². The normalized spacial score (nSPS) is 11.2. The molecule has 0 atom stereocenters. The molecule has 0 radical (unpaired) electrons. The maximum Gasteiger partial charge on any atom is 0.273 e. The van der Waals surface area contributed by atoms with Crippen LogP contribution in [-0.2, 0) is 6.54 Å². The zero-order chi connectivity index (χ0) is 13.7. The lowest BCUT2D eigenvalue weighted by Gasteiger charge is -2.23. The number of aromatic nitrogens is 1. The van der Waals surface area contributed by atoms with Crippen molar-refractivity contribution in [1.82, 2.24) is 14.8 Å². The molecule has 7 nitrogen and oxygen atoms in total. The van der Waals surface area contributed by atoms with Crippen molar-refractivity contribution in [2.75, 3.05) is 21.1 Å². The second-order valence-corrected chi connectivity index (χ2v) is 4.26. The van der Waals surface area contributed by atoms with Crippen molar-refractivity contribution in [2.45, 2.75) is 6.54 Å². The molecule has 0 aliphatic rings. The summed E-state index contributed by atoms with van der Waals surface area (Å²) >= 11 is 5.68. The van der Waals surface area contributed by atoms with Gasteiger partial charge in [-0.25, -0.2) is 15.1 Å². The first-order valence-electron chi connectivity index (χ1n) is 5.12. The molecule has 1 rings (SSSR count).